The molecule has 0 saturated heterocycles. The molecule has 0 heterocycles. The van der Waals surface area contributed by atoms with Gasteiger partial charge >= 0.3 is 0 Å². The SMILES string of the molecule is N#Cc1ccc(NC(=O)Cc2c(F)cccc2Cl)c(F)c1. The number of carbonyl (C=O) groups is 1. The summed E-state index contributed by atoms with van der Waals surface area (Å²) < 4.78 is 27.2. The molecule has 2 aromatic carbocycles. The third-order valence-electron chi connectivity index (χ3n) is 2.77. The summed E-state index contributed by atoms with van der Waals surface area (Å²) in [5, 5.41) is 11.1. The van der Waals surface area contributed by atoms with Gasteiger partial charge in [-0.05, 0) is 30.3 Å². The zero-order valence-corrected chi connectivity index (χ0v) is 11.4. The highest BCUT2D eigenvalue weighted by Gasteiger charge is 2.13. The number of nitrogens with zero attached hydrogens (tertiary/aromatic N) is 1. The topological polar surface area (TPSA) is 52.9 Å². The van der Waals surface area contributed by atoms with Crippen LogP contribution in [0.25, 0.3) is 0 Å². The summed E-state index contributed by atoms with van der Waals surface area (Å²) in [5.41, 5.74) is 0.111. The average molecular weight is 307 g/mol. The minimum atomic E-state index is -0.734. The molecule has 2 rings (SSSR count). The normalized spacial score (nSPS) is 10.0. The van der Waals surface area contributed by atoms with Crippen LogP contribution in [0.3, 0.4) is 0 Å². The quantitative estimate of drug-likeness (QED) is 0.940. The molecule has 0 unspecified atom stereocenters. The zero-order valence-electron chi connectivity index (χ0n) is 10.7. The number of anilines is 1. The molecule has 106 valence electrons. The van der Waals surface area contributed by atoms with Gasteiger partial charge in [-0.25, -0.2) is 8.78 Å². The maximum atomic E-state index is 13.6. The van der Waals surface area contributed by atoms with Crippen molar-refractivity contribution < 1.29 is 13.6 Å². The second-order valence-electron chi connectivity index (χ2n) is 4.23. The van der Waals surface area contributed by atoms with Crippen LogP contribution in [0.4, 0.5) is 14.5 Å². The van der Waals surface area contributed by atoms with Crippen LogP contribution in [0.1, 0.15) is 11.1 Å². The third kappa shape index (κ3) is 3.56. The van der Waals surface area contributed by atoms with Crippen LogP contribution in [-0.2, 0) is 11.2 Å². The number of benzene rings is 2. The number of hydrogen-bond donors (Lipinski definition) is 1. The molecule has 0 aliphatic rings. The first-order valence-electron chi connectivity index (χ1n) is 5.93. The van der Waals surface area contributed by atoms with E-state index in [9.17, 15) is 13.6 Å². The molecule has 1 amide bonds. The van der Waals surface area contributed by atoms with Gasteiger partial charge in [0.15, 0.2) is 0 Å². The monoisotopic (exact) mass is 306 g/mol. The first-order valence-corrected chi connectivity index (χ1v) is 6.31. The van der Waals surface area contributed by atoms with Gasteiger partial charge in [0.1, 0.15) is 11.6 Å². The van der Waals surface area contributed by atoms with Crippen LogP contribution in [0.2, 0.25) is 5.02 Å². The van der Waals surface area contributed by atoms with Gasteiger partial charge in [-0.15, -0.1) is 0 Å². The van der Waals surface area contributed by atoms with E-state index in [-0.39, 0.29) is 28.3 Å². The van der Waals surface area contributed by atoms with Gasteiger partial charge in [0, 0.05) is 10.6 Å². The molecule has 0 aliphatic carbocycles. The van der Waals surface area contributed by atoms with E-state index >= 15 is 0 Å². The Morgan fingerprint density at radius 3 is 2.62 bits per heavy atom. The molecule has 6 heteroatoms. The van der Waals surface area contributed by atoms with Crippen molar-refractivity contribution in [2.75, 3.05) is 5.32 Å². The molecule has 1 N–H and O–H groups in total. The molecule has 0 atom stereocenters. The summed E-state index contributed by atoms with van der Waals surface area (Å²) in [5.74, 6) is -1.94. The van der Waals surface area contributed by atoms with Crippen molar-refractivity contribution >= 4 is 23.2 Å². The molecule has 0 aliphatic heterocycles. The smallest absolute Gasteiger partial charge is 0.229 e. The van der Waals surface area contributed by atoms with Crippen LogP contribution in [0.15, 0.2) is 36.4 Å². The molecule has 0 bridgehead atoms. The van der Waals surface area contributed by atoms with Crippen LogP contribution < -0.4 is 5.32 Å². The van der Waals surface area contributed by atoms with Gasteiger partial charge in [-0.3, -0.25) is 4.79 Å². The Hall–Kier alpha value is -2.45. The van der Waals surface area contributed by atoms with Crippen molar-refractivity contribution in [2.24, 2.45) is 0 Å². The van der Waals surface area contributed by atoms with Crippen molar-refractivity contribution in [1.82, 2.24) is 0 Å². The lowest BCUT2D eigenvalue weighted by molar-refractivity contribution is -0.115. The molecule has 0 fully saturated rings. The largest absolute Gasteiger partial charge is 0.323 e. The van der Waals surface area contributed by atoms with Crippen molar-refractivity contribution in [3.63, 3.8) is 0 Å². The predicted molar refractivity (Wildman–Crippen MR) is 74.9 cm³/mol. The maximum Gasteiger partial charge on any atom is 0.229 e. The highest BCUT2D eigenvalue weighted by Crippen LogP contribution is 2.21. The highest BCUT2D eigenvalue weighted by atomic mass is 35.5. The summed E-state index contributed by atoms with van der Waals surface area (Å²) in [6, 6.07) is 9.52. The molecule has 0 aromatic heterocycles. The molecule has 3 nitrogen and oxygen atoms in total. The Kier molecular flexibility index (Phi) is 4.51. The van der Waals surface area contributed by atoms with Crippen molar-refractivity contribution in [3.05, 3.63) is 64.2 Å². The molecule has 0 saturated carbocycles. The number of hydrogen-bond acceptors (Lipinski definition) is 2. The zero-order chi connectivity index (χ0) is 15.4. The standard InChI is InChI=1S/C15H9ClF2N2O/c16-11-2-1-3-12(17)10(11)7-15(21)20-14-5-4-9(8-19)6-13(14)18/h1-6H,7H2,(H,20,21). The van der Waals surface area contributed by atoms with Gasteiger partial charge in [-0.1, -0.05) is 17.7 Å². The minimum absolute atomic E-state index is 0.0470. The van der Waals surface area contributed by atoms with E-state index < -0.39 is 17.5 Å². The van der Waals surface area contributed by atoms with E-state index in [2.05, 4.69) is 5.32 Å². The van der Waals surface area contributed by atoms with Gasteiger partial charge in [0.2, 0.25) is 5.91 Å². The minimum Gasteiger partial charge on any atom is -0.323 e. The number of carbonyl (C=O) groups excluding carboxylic acids is 1. The second-order valence-corrected chi connectivity index (χ2v) is 4.64. The van der Waals surface area contributed by atoms with E-state index in [1.165, 1.54) is 30.3 Å². The molecule has 21 heavy (non-hydrogen) atoms. The number of nitrogens with one attached hydrogen (secondary N) is 1. The Labute approximate surface area is 124 Å². The van der Waals surface area contributed by atoms with Crippen LogP contribution in [0.5, 0.6) is 0 Å². The van der Waals surface area contributed by atoms with Crippen LogP contribution >= 0.6 is 11.6 Å². The number of nitriles is 1. The van der Waals surface area contributed by atoms with Crippen molar-refractivity contribution in [2.45, 2.75) is 6.42 Å². The lowest BCUT2D eigenvalue weighted by Crippen LogP contribution is -2.16. The molecular formula is C15H9ClF2N2O. The summed E-state index contributed by atoms with van der Waals surface area (Å²) in [6.45, 7) is 0. The summed E-state index contributed by atoms with van der Waals surface area (Å²) >= 11 is 5.82. The first-order chi connectivity index (χ1) is 10.0. The fourth-order valence-corrected chi connectivity index (χ4v) is 1.97. The van der Waals surface area contributed by atoms with Gasteiger partial charge < -0.3 is 5.32 Å². The molecular weight excluding hydrogens is 298 g/mol. The maximum absolute atomic E-state index is 13.6. The Bertz CT molecular complexity index is 721. The highest BCUT2D eigenvalue weighted by molar-refractivity contribution is 6.31. The predicted octanol–water partition coefficient (Wildman–Crippen LogP) is 3.67. The number of amides is 1. The van der Waals surface area contributed by atoms with E-state index in [4.69, 9.17) is 16.9 Å². The third-order valence-corrected chi connectivity index (χ3v) is 3.13. The van der Waals surface area contributed by atoms with Gasteiger partial charge in [-0.2, -0.15) is 5.26 Å². The molecule has 0 radical (unpaired) electrons. The molecule has 2 aromatic rings. The van der Waals surface area contributed by atoms with E-state index in [1.807, 2.05) is 0 Å². The second kappa shape index (κ2) is 6.33. The summed E-state index contributed by atoms with van der Waals surface area (Å²) in [7, 11) is 0. The Morgan fingerprint density at radius 2 is 2.00 bits per heavy atom. The number of rotatable bonds is 3. The Balaban J connectivity index is 2.14. The van der Waals surface area contributed by atoms with Gasteiger partial charge in [0.05, 0.1) is 23.7 Å². The fraction of sp³-hybridized carbons (Fsp3) is 0.0667. The van der Waals surface area contributed by atoms with E-state index in [0.717, 1.165) is 6.07 Å². The summed E-state index contributed by atoms with van der Waals surface area (Å²) in [4.78, 5) is 11.8. The number of halogens is 3. The first kappa shape index (κ1) is 14.9. The van der Waals surface area contributed by atoms with Crippen molar-refractivity contribution in [1.29, 1.82) is 5.26 Å². The average Bonchev–Trinajstić information content (AvgIpc) is 2.45. The molecule has 0 spiro atoms. The Morgan fingerprint density at radius 1 is 1.24 bits per heavy atom. The van der Waals surface area contributed by atoms with E-state index in [1.54, 1.807) is 6.07 Å². The van der Waals surface area contributed by atoms with Crippen LogP contribution in [-0.4, -0.2) is 5.91 Å². The summed E-state index contributed by atoms with van der Waals surface area (Å²) in [6.07, 6.45) is -0.315. The lowest BCUT2D eigenvalue weighted by Gasteiger charge is -2.08. The van der Waals surface area contributed by atoms with Crippen molar-refractivity contribution in [3.8, 4) is 6.07 Å². The van der Waals surface area contributed by atoms with Crippen LogP contribution in [0, 0.1) is 23.0 Å². The fourth-order valence-electron chi connectivity index (χ4n) is 1.74. The van der Waals surface area contributed by atoms with E-state index in [0.29, 0.717) is 0 Å². The lowest BCUT2D eigenvalue weighted by atomic mass is 10.1. The van der Waals surface area contributed by atoms with Gasteiger partial charge in [0.25, 0.3) is 0 Å².